The van der Waals surface area contributed by atoms with E-state index in [-0.39, 0.29) is 5.54 Å². The average molecular weight is 252 g/mol. The Morgan fingerprint density at radius 1 is 1.11 bits per heavy atom. The second-order valence-electron chi connectivity index (χ2n) is 7.66. The van der Waals surface area contributed by atoms with Crippen LogP contribution in [0.4, 0.5) is 0 Å². The van der Waals surface area contributed by atoms with Gasteiger partial charge in [0, 0.05) is 30.7 Å². The van der Waals surface area contributed by atoms with Gasteiger partial charge in [-0.3, -0.25) is 4.90 Å². The van der Waals surface area contributed by atoms with Crippen LogP contribution in [-0.2, 0) is 0 Å². The van der Waals surface area contributed by atoms with E-state index in [0.717, 1.165) is 30.5 Å². The van der Waals surface area contributed by atoms with Crippen molar-refractivity contribution in [3.8, 4) is 0 Å². The van der Waals surface area contributed by atoms with Gasteiger partial charge in [0.15, 0.2) is 0 Å². The molecule has 0 amide bonds. The molecular weight excluding hydrogens is 220 g/mol. The first-order chi connectivity index (χ1) is 8.39. The molecule has 2 heteroatoms. The Morgan fingerprint density at radius 3 is 2.28 bits per heavy atom. The van der Waals surface area contributed by atoms with Crippen LogP contribution in [0.3, 0.4) is 0 Å². The second kappa shape index (κ2) is 5.50. The summed E-state index contributed by atoms with van der Waals surface area (Å²) in [5.41, 5.74) is 0.286. The Balaban J connectivity index is 2.05. The predicted octanol–water partition coefficient (Wildman–Crippen LogP) is 3.27. The average Bonchev–Trinajstić information content (AvgIpc) is 2.28. The number of nitrogens with zero attached hydrogens (tertiary/aromatic N) is 1. The fourth-order valence-corrected chi connectivity index (χ4v) is 3.72. The number of piperazine rings is 1. The molecule has 0 bridgehead atoms. The topological polar surface area (TPSA) is 15.3 Å². The Kier molecular flexibility index (Phi) is 4.38. The van der Waals surface area contributed by atoms with Crippen LogP contribution in [0.15, 0.2) is 0 Å². The molecule has 0 aromatic heterocycles. The van der Waals surface area contributed by atoms with Gasteiger partial charge in [-0.05, 0) is 51.4 Å². The minimum Gasteiger partial charge on any atom is -0.309 e. The molecule has 106 valence electrons. The smallest absolute Gasteiger partial charge is 0.0253 e. The van der Waals surface area contributed by atoms with Crippen LogP contribution in [-0.4, -0.2) is 35.6 Å². The van der Waals surface area contributed by atoms with Crippen molar-refractivity contribution in [3.63, 3.8) is 0 Å². The van der Waals surface area contributed by atoms with Crippen molar-refractivity contribution in [2.75, 3.05) is 13.1 Å². The highest BCUT2D eigenvalue weighted by Crippen LogP contribution is 2.32. The highest BCUT2D eigenvalue weighted by atomic mass is 15.3. The lowest BCUT2D eigenvalue weighted by atomic mass is 9.83. The van der Waals surface area contributed by atoms with Gasteiger partial charge in [-0.1, -0.05) is 20.8 Å². The Bertz CT molecular complexity index is 264. The van der Waals surface area contributed by atoms with Gasteiger partial charge in [-0.25, -0.2) is 0 Å². The molecule has 2 nitrogen and oxygen atoms in total. The van der Waals surface area contributed by atoms with E-state index in [0.29, 0.717) is 0 Å². The molecule has 1 unspecified atom stereocenters. The Hall–Kier alpha value is -0.0800. The summed E-state index contributed by atoms with van der Waals surface area (Å²) in [6.07, 6.45) is 5.70. The van der Waals surface area contributed by atoms with Crippen LogP contribution in [0.25, 0.3) is 0 Å². The second-order valence-corrected chi connectivity index (χ2v) is 7.66. The zero-order valence-corrected chi connectivity index (χ0v) is 13.0. The lowest BCUT2D eigenvalue weighted by molar-refractivity contribution is 0.0133. The molecule has 1 aliphatic heterocycles. The summed E-state index contributed by atoms with van der Waals surface area (Å²) in [4.78, 5) is 2.84. The molecule has 18 heavy (non-hydrogen) atoms. The maximum Gasteiger partial charge on any atom is 0.0253 e. The molecular formula is C16H32N2. The van der Waals surface area contributed by atoms with Crippen molar-refractivity contribution in [3.05, 3.63) is 0 Å². The summed E-state index contributed by atoms with van der Waals surface area (Å²) in [5.74, 6) is 1.71. The Labute approximate surface area is 114 Å². The summed E-state index contributed by atoms with van der Waals surface area (Å²) in [7, 11) is 0. The van der Waals surface area contributed by atoms with Crippen LogP contribution in [0.2, 0.25) is 0 Å². The van der Waals surface area contributed by atoms with Crippen molar-refractivity contribution in [1.82, 2.24) is 10.2 Å². The molecule has 0 spiro atoms. The highest BCUT2D eigenvalue weighted by Gasteiger charge is 2.38. The molecule has 2 fully saturated rings. The molecule has 1 N–H and O–H groups in total. The van der Waals surface area contributed by atoms with E-state index in [2.05, 4.69) is 44.8 Å². The molecule has 0 aromatic rings. The first kappa shape index (κ1) is 14.3. The Morgan fingerprint density at radius 2 is 1.72 bits per heavy atom. The fourth-order valence-electron chi connectivity index (χ4n) is 3.72. The normalized spacial score (nSPS) is 38.0. The number of nitrogens with one attached hydrogen (secondary N) is 1. The largest absolute Gasteiger partial charge is 0.309 e. The van der Waals surface area contributed by atoms with Crippen molar-refractivity contribution in [2.24, 2.45) is 11.8 Å². The van der Waals surface area contributed by atoms with Gasteiger partial charge < -0.3 is 5.32 Å². The summed E-state index contributed by atoms with van der Waals surface area (Å²) in [5, 5.41) is 3.73. The van der Waals surface area contributed by atoms with E-state index < -0.39 is 0 Å². The van der Waals surface area contributed by atoms with Gasteiger partial charge in [0.1, 0.15) is 0 Å². The summed E-state index contributed by atoms with van der Waals surface area (Å²) in [6, 6.07) is 1.58. The van der Waals surface area contributed by atoms with Crippen molar-refractivity contribution in [2.45, 2.75) is 77.9 Å². The van der Waals surface area contributed by atoms with E-state index in [4.69, 9.17) is 0 Å². The maximum absolute atomic E-state index is 3.73. The molecule has 1 aliphatic carbocycles. The van der Waals surface area contributed by atoms with Gasteiger partial charge in [0.05, 0.1) is 0 Å². The third-order valence-electron chi connectivity index (χ3n) is 5.02. The van der Waals surface area contributed by atoms with E-state index in [9.17, 15) is 0 Å². The maximum atomic E-state index is 3.73. The van der Waals surface area contributed by atoms with Crippen molar-refractivity contribution >= 4 is 0 Å². The lowest BCUT2D eigenvalue weighted by Crippen LogP contribution is -2.65. The molecule has 1 saturated carbocycles. The highest BCUT2D eigenvalue weighted by molar-refractivity contribution is 4.96. The molecule has 1 saturated heterocycles. The van der Waals surface area contributed by atoms with E-state index in [1.807, 2.05) is 0 Å². The lowest BCUT2D eigenvalue weighted by Gasteiger charge is -2.51. The van der Waals surface area contributed by atoms with E-state index in [1.54, 1.807) is 0 Å². The van der Waals surface area contributed by atoms with Gasteiger partial charge in [0.25, 0.3) is 0 Å². The number of rotatable bonds is 2. The molecule has 1 atom stereocenters. The molecule has 1 heterocycles. The predicted molar refractivity (Wildman–Crippen MR) is 78.8 cm³/mol. The summed E-state index contributed by atoms with van der Waals surface area (Å²) < 4.78 is 0. The molecule has 0 radical (unpaired) electrons. The van der Waals surface area contributed by atoms with E-state index in [1.165, 1.54) is 32.2 Å². The van der Waals surface area contributed by atoms with Gasteiger partial charge in [0.2, 0.25) is 0 Å². The van der Waals surface area contributed by atoms with Crippen LogP contribution in [0.1, 0.15) is 60.3 Å². The molecule has 2 aliphatic rings. The zero-order chi connectivity index (χ0) is 13.3. The fraction of sp³-hybridized carbons (Fsp3) is 1.00. The summed E-state index contributed by atoms with van der Waals surface area (Å²) >= 11 is 0. The first-order valence-corrected chi connectivity index (χ1v) is 7.90. The number of hydrogen-bond donors (Lipinski definition) is 1. The standard InChI is InChI=1S/C16H32N2/c1-12(2)15-10-17-16(4,5)11-18(15)14-8-6-13(3)7-9-14/h12-15,17H,6-11H2,1-5H3. The van der Waals surface area contributed by atoms with Crippen LogP contribution in [0, 0.1) is 11.8 Å². The summed E-state index contributed by atoms with van der Waals surface area (Å²) in [6.45, 7) is 14.2. The number of hydrogen-bond acceptors (Lipinski definition) is 2. The quantitative estimate of drug-likeness (QED) is 0.811. The third kappa shape index (κ3) is 3.27. The van der Waals surface area contributed by atoms with Gasteiger partial charge in [-0.15, -0.1) is 0 Å². The van der Waals surface area contributed by atoms with Gasteiger partial charge in [-0.2, -0.15) is 0 Å². The minimum atomic E-state index is 0.286. The van der Waals surface area contributed by atoms with Crippen LogP contribution in [0.5, 0.6) is 0 Å². The third-order valence-corrected chi connectivity index (χ3v) is 5.02. The SMILES string of the molecule is CC1CCC(N2CC(C)(C)NCC2C(C)C)CC1. The van der Waals surface area contributed by atoms with Gasteiger partial charge >= 0.3 is 0 Å². The molecule has 2 rings (SSSR count). The van der Waals surface area contributed by atoms with Crippen molar-refractivity contribution < 1.29 is 0 Å². The molecule has 0 aromatic carbocycles. The van der Waals surface area contributed by atoms with E-state index >= 15 is 0 Å². The first-order valence-electron chi connectivity index (χ1n) is 7.90. The monoisotopic (exact) mass is 252 g/mol. The van der Waals surface area contributed by atoms with Crippen LogP contribution >= 0.6 is 0 Å². The van der Waals surface area contributed by atoms with Crippen molar-refractivity contribution in [1.29, 1.82) is 0 Å². The minimum absolute atomic E-state index is 0.286. The van der Waals surface area contributed by atoms with Crippen LogP contribution < -0.4 is 5.32 Å². The zero-order valence-electron chi connectivity index (χ0n) is 13.0.